The average Bonchev–Trinajstić information content (AvgIpc) is 2.60. The van der Waals surface area contributed by atoms with E-state index in [1.807, 2.05) is 0 Å². The van der Waals surface area contributed by atoms with Crippen molar-refractivity contribution in [1.29, 1.82) is 0 Å². The molecule has 1 rings (SSSR count). The van der Waals surface area contributed by atoms with Crippen LogP contribution in [0, 0.1) is 11.3 Å². The average molecular weight is 277 g/mol. The van der Waals surface area contributed by atoms with E-state index in [2.05, 4.69) is 20.8 Å². The summed E-state index contributed by atoms with van der Waals surface area (Å²) in [6.07, 6.45) is 5.18. The summed E-state index contributed by atoms with van der Waals surface area (Å²) in [5.41, 5.74) is -0.237. The van der Waals surface area contributed by atoms with Gasteiger partial charge in [0.15, 0.2) is 0 Å². The minimum atomic E-state index is -3.42. The van der Waals surface area contributed by atoms with Gasteiger partial charge in [-0.15, -0.1) is 0 Å². The second-order valence-electron chi connectivity index (χ2n) is 6.27. The molecule has 0 aromatic heterocycles. The lowest BCUT2D eigenvalue weighted by atomic mass is 9.89. The van der Waals surface area contributed by atoms with Crippen molar-refractivity contribution in [2.75, 3.05) is 12.4 Å². The molecule has 1 atom stereocenters. The van der Waals surface area contributed by atoms with Crippen molar-refractivity contribution in [1.82, 2.24) is 0 Å². The molecule has 0 aromatic carbocycles. The van der Waals surface area contributed by atoms with Gasteiger partial charge in [0.25, 0.3) is 0 Å². The van der Waals surface area contributed by atoms with E-state index < -0.39 is 10.0 Å². The van der Waals surface area contributed by atoms with Gasteiger partial charge in [-0.1, -0.05) is 26.7 Å². The molecule has 2 N–H and O–H groups in total. The highest BCUT2D eigenvalue weighted by molar-refractivity contribution is 7.89. The highest BCUT2D eigenvalue weighted by atomic mass is 32.2. The van der Waals surface area contributed by atoms with Crippen LogP contribution in [0.4, 0.5) is 0 Å². The zero-order chi connectivity index (χ0) is 13.8. The maximum absolute atomic E-state index is 11.3. The first-order valence-electron chi connectivity index (χ1n) is 6.84. The molecule has 1 fully saturated rings. The van der Waals surface area contributed by atoms with Gasteiger partial charge in [0.1, 0.15) is 0 Å². The van der Waals surface area contributed by atoms with E-state index in [0.717, 1.165) is 32.1 Å². The molecule has 0 bridgehead atoms. The second-order valence-corrected chi connectivity index (χ2v) is 7.88. The molecule has 1 aliphatic carbocycles. The highest BCUT2D eigenvalue weighted by Gasteiger charge is 2.38. The largest absolute Gasteiger partial charge is 0.378 e. The van der Waals surface area contributed by atoms with Gasteiger partial charge in [-0.25, -0.2) is 13.6 Å². The summed E-state index contributed by atoms with van der Waals surface area (Å²) in [6, 6.07) is 0. The Morgan fingerprint density at radius 2 is 1.78 bits per heavy atom. The molecular formula is C13H27NO3S. The number of rotatable bonds is 7. The maximum atomic E-state index is 11.3. The fourth-order valence-electron chi connectivity index (χ4n) is 2.93. The molecule has 0 spiro atoms. The summed E-state index contributed by atoms with van der Waals surface area (Å²) in [6.45, 7) is 6.90. The van der Waals surface area contributed by atoms with Crippen LogP contribution in [0.5, 0.6) is 0 Å². The van der Waals surface area contributed by atoms with E-state index in [9.17, 15) is 8.42 Å². The van der Waals surface area contributed by atoms with Gasteiger partial charge in [0.2, 0.25) is 10.0 Å². The summed E-state index contributed by atoms with van der Waals surface area (Å²) in [7, 11) is -3.42. The van der Waals surface area contributed by atoms with Crippen LogP contribution in [0.3, 0.4) is 0 Å². The molecule has 1 aliphatic rings. The van der Waals surface area contributed by atoms with Crippen molar-refractivity contribution in [2.45, 2.75) is 59.0 Å². The first kappa shape index (κ1) is 15.9. The topological polar surface area (TPSA) is 69.4 Å². The molecule has 0 aromatic rings. The predicted octanol–water partition coefficient (Wildman–Crippen LogP) is 2.29. The molecule has 0 saturated heterocycles. The molecule has 5 heteroatoms. The predicted molar refractivity (Wildman–Crippen MR) is 73.7 cm³/mol. The Labute approximate surface area is 111 Å². The molecule has 1 saturated carbocycles. The van der Waals surface area contributed by atoms with Gasteiger partial charge in [-0.05, 0) is 32.1 Å². The molecular weight excluding hydrogens is 250 g/mol. The maximum Gasteiger partial charge on any atom is 0.209 e. The Morgan fingerprint density at radius 3 is 2.22 bits per heavy atom. The Hall–Kier alpha value is -0.130. The highest BCUT2D eigenvalue weighted by Crippen LogP contribution is 2.39. The van der Waals surface area contributed by atoms with Crippen molar-refractivity contribution in [3.63, 3.8) is 0 Å². The lowest BCUT2D eigenvalue weighted by molar-refractivity contribution is -0.000101. The van der Waals surface area contributed by atoms with Crippen molar-refractivity contribution in [3.05, 3.63) is 0 Å². The zero-order valence-corrected chi connectivity index (χ0v) is 12.6. The normalized spacial score (nSPS) is 21.4. The van der Waals surface area contributed by atoms with Crippen molar-refractivity contribution in [3.8, 4) is 0 Å². The number of ether oxygens (including phenoxy) is 1. The Morgan fingerprint density at radius 1 is 1.22 bits per heavy atom. The van der Waals surface area contributed by atoms with Crippen molar-refractivity contribution < 1.29 is 13.2 Å². The number of hydrogen-bond acceptors (Lipinski definition) is 3. The molecule has 0 heterocycles. The Kier molecular flexibility index (Phi) is 5.62. The number of hydrogen-bond donors (Lipinski definition) is 1. The van der Waals surface area contributed by atoms with E-state index >= 15 is 0 Å². The van der Waals surface area contributed by atoms with Crippen LogP contribution in [-0.4, -0.2) is 26.9 Å². The number of primary sulfonamides is 1. The third-order valence-corrected chi connectivity index (χ3v) is 4.66. The van der Waals surface area contributed by atoms with Crippen LogP contribution in [0.1, 0.15) is 52.9 Å². The monoisotopic (exact) mass is 277 g/mol. The smallest absolute Gasteiger partial charge is 0.209 e. The van der Waals surface area contributed by atoms with Crippen LogP contribution in [0.15, 0.2) is 0 Å². The van der Waals surface area contributed by atoms with E-state index in [4.69, 9.17) is 9.88 Å². The number of sulfonamides is 1. The van der Waals surface area contributed by atoms with Gasteiger partial charge in [-0.2, -0.15) is 0 Å². The van der Waals surface area contributed by atoms with E-state index in [1.165, 1.54) is 0 Å². The van der Waals surface area contributed by atoms with Gasteiger partial charge in [0, 0.05) is 5.41 Å². The van der Waals surface area contributed by atoms with Gasteiger partial charge >= 0.3 is 0 Å². The van der Waals surface area contributed by atoms with E-state index in [1.54, 1.807) is 0 Å². The third-order valence-electron chi connectivity index (χ3n) is 3.65. The fraction of sp³-hybridized carbons (Fsp3) is 1.00. The van der Waals surface area contributed by atoms with Crippen molar-refractivity contribution in [2.24, 2.45) is 16.5 Å². The summed E-state index contributed by atoms with van der Waals surface area (Å²) in [4.78, 5) is 0. The third kappa shape index (κ3) is 5.67. The molecule has 1 unspecified atom stereocenters. The molecule has 18 heavy (non-hydrogen) atoms. The standard InChI is InChI=1S/C13H27NO3S/c1-11(2)8-12(3)17-9-13(6-4-5-7-13)10-18(14,15)16/h11-12H,4-10H2,1-3H3,(H2,14,15,16). The summed E-state index contributed by atoms with van der Waals surface area (Å²) >= 11 is 0. The Balaban J connectivity index is 2.53. The molecule has 0 amide bonds. The van der Waals surface area contributed by atoms with Crippen LogP contribution < -0.4 is 5.14 Å². The second kappa shape index (κ2) is 6.35. The van der Waals surface area contributed by atoms with Crippen LogP contribution in [0.2, 0.25) is 0 Å². The van der Waals surface area contributed by atoms with Gasteiger partial charge in [0.05, 0.1) is 18.5 Å². The van der Waals surface area contributed by atoms with E-state index in [0.29, 0.717) is 12.5 Å². The van der Waals surface area contributed by atoms with Gasteiger partial charge < -0.3 is 4.74 Å². The van der Waals surface area contributed by atoms with Crippen LogP contribution in [-0.2, 0) is 14.8 Å². The van der Waals surface area contributed by atoms with E-state index in [-0.39, 0.29) is 17.3 Å². The minimum Gasteiger partial charge on any atom is -0.378 e. The molecule has 0 aliphatic heterocycles. The van der Waals surface area contributed by atoms with Crippen molar-refractivity contribution >= 4 is 10.0 Å². The fourth-order valence-corrected chi connectivity index (χ4v) is 4.16. The quantitative estimate of drug-likeness (QED) is 0.776. The first-order valence-corrected chi connectivity index (χ1v) is 8.56. The number of nitrogens with two attached hydrogens (primary N) is 1. The molecule has 0 radical (unpaired) electrons. The Bertz CT molecular complexity index is 345. The molecule has 4 nitrogen and oxygen atoms in total. The van der Waals surface area contributed by atoms with Crippen LogP contribution in [0.25, 0.3) is 0 Å². The summed E-state index contributed by atoms with van der Waals surface area (Å²) < 4.78 is 28.5. The van der Waals surface area contributed by atoms with Gasteiger partial charge in [-0.3, -0.25) is 0 Å². The first-order chi connectivity index (χ1) is 8.22. The minimum absolute atomic E-state index is 0.0639. The lowest BCUT2D eigenvalue weighted by Crippen LogP contribution is -2.36. The van der Waals surface area contributed by atoms with Crippen LogP contribution >= 0.6 is 0 Å². The molecule has 108 valence electrons. The zero-order valence-electron chi connectivity index (χ0n) is 11.8. The lowest BCUT2D eigenvalue weighted by Gasteiger charge is -2.29. The summed E-state index contributed by atoms with van der Waals surface area (Å²) in [5, 5.41) is 5.20. The summed E-state index contributed by atoms with van der Waals surface area (Å²) in [5.74, 6) is 0.659. The SMILES string of the molecule is CC(C)CC(C)OCC1(CS(N)(=O)=O)CCCC1.